The molecule has 0 radical (unpaired) electrons. The smallest absolute Gasteiger partial charge is 0.239 e. The topological polar surface area (TPSA) is 52.6 Å². The number of piperidine rings is 1. The number of hydrogen-bond donors (Lipinski definition) is 2. The number of likely N-dealkylation sites (tertiary alicyclic amines) is 1. The van der Waals surface area contributed by atoms with Gasteiger partial charge in [0.15, 0.2) is 0 Å². The Morgan fingerprint density at radius 1 is 1.20 bits per heavy atom. The molecule has 1 aliphatic heterocycles. The Hall–Kier alpha value is -1.39. The van der Waals surface area contributed by atoms with Crippen molar-refractivity contribution in [2.45, 2.75) is 59.5 Å². The molecule has 0 spiro atoms. The van der Waals surface area contributed by atoms with Crippen LogP contribution in [0.4, 0.5) is 0 Å². The number of aliphatic hydroxyl groups excluding tert-OH is 1. The molecule has 1 atom stereocenters. The highest BCUT2D eigenvalue weighted by molar-refractivity contribution is 5.82. The highest BCUT2D eigenvalue weighted by Gasteiger charge is 2.28. The maximum absolute atomic E-state index is 13.0. The van der Waals surface area contributed by atoms with Crippen molar-refractivity contribution >= 4 is 5.91 Å². The largest absolute Gasteiger partial charge is 0.396 e. The average molecular weight is 347 g/mol. The number of carbonyl (C=O) groups excluding carboxylic acids is 1. The first-order chi connectivity index (χ1) is 11.9. The molecule has 0 aromatic heterocycles. The van der Waals surface area contributed by atoms with E-state index >= 15 is 0 Å². The highest BCUT2D eigenvalue weighted by atomic mass is 16.3. The first-order valence-electron chi connectivity index (χ1n) is 9.59. The molecule has 0 aliphatic carbocycles. The van der Waals surface area contributed by atoms with E-state index in [4.69, 9.17) is 0 Å². The lowest BCUT2D eigenvalue weighted by atomic mass is 9.96. The quantitative estimate of drug-likeness (QED) is 0.798. The van der Waals surface area contributed by atoms with Crippen LogP contribution in [0.5, 0.6) is 0 Å². The Bertz CT molecular complexity index is 543. The molecular weight excluding hydrogens is 312 g/mol. The minimum Gasteiger partial charge on any atom is -0.396 e. The number of amides is 1. The van der Waals surface area contributed by atoms with Crippen LogP contribution in [0.15, 0.2) is 18.2 Å². The van der Waals surface area contributed by atoms with Crippen LogP contribution in [0.1, 0.15) is 49.8 Å². The first kappa shape index (κ1) is 19.9. The van der Waals surface area contributed by atoms with E-state index in [9.17, 15) is 9.90 Å². The summed E-state index contributed by atoms with van der Waals surface area (Å²) in [4.78, 5) is 15.0. The standard InChI is InChI=1S/C21H34N2O2/c1-15(2)9-20(21(25)23-7-5-18(14-24)6-8-23)22-13-19-11-16(3)10-17(4)12-19/h10-12,15,18,20,22,24H,5-9,13-14H2,1-4H3. The lowest BCUT2D eigenvalue weighted by Gasteiger charge is -2.34. The number of rotatable bonds is 7. The van der Waals surface area contributed by atoms with E-state index in [-0.39, 0.29) is 18.6 Å². The normalized spacial score (nSPS) is 17.1. The zero-order valence-electron chi connectivity index (χ0n) is 16.2. The molecule has 1 saturated heterocycles. The van der Waals surface area contributed by atoms with Gasteiger partial charge < -0.3 is 15.3 Å². The van der Waals surface area contributed by atoms with Crippen molar-refractivity contribution in [2.75, 3.05) is 19.7 Å². The van der Waals surface area contributed by atoms with E-state index in [1.165, 1.54) is 16.7 Å². The zero-order valence-corrected chi connectivity index (χ0v) is 16.2. The number of hydrogen-bond acceptors (Lipinski definition) is 3. The van der Waals surface area contributed by atoms with Gasteiger partial charge in [-0.25, -0.2) is 0 Å². The van der Waals surface area contributed by atoms with Crippen molar-refractivity contribution in [1.82, 2.24) is 10.2 Å². The second-order valence-corrected chi connectivity index (χ2v) is 8.01. The summed E-state index contributed by atoms with van der Waals surface area (Å²) in [6.45, 7) is 11.0. The number of nitrogens with zero attached hydrogens (tertiary/aromatic N) is 1. The van der Waals surface area contributed by atoms with Crippen LogP contribution in [0, 0.1) is 25.7 Å². The zero-order chi connectivity index (χ0) is 18.4. The van der Waals surface area contributed by atoms with E-state index in [0.717, 1.165) is 38.9 Å². The maximum Gasteiger partial charge on any atom is 0.239 e. The Balaban J connectivity index is 1.99. The fourth-order valence-corrected chi connectivity index (χ4v) is 3.71. The van der Waals surface area contributed by atoms with Gasteiger partial charge in [-0.15, -0.1) is 0 Å². The van der Waals surface area contributed by atoms with Crippen LogP contribution in [0.2, 0.25) is 0 Å². The second kappa shape index (κ2) is 9.35. The third kappa shape index (κ3) is 6.12. The predicted molar refractivity (Wildman–Crippen MR) is 102 cm³/mol. The monoisotopic (exact) mass is 346 g/mol. The van der Waals surface area contributed by atoms with Gasteiger partial charge in [-0.1, -0.05) is 43.2 Å². The summed E-state index contributed by atoms with van der Waals surface area (Å²) in [7, 11) is 0. The number of aryl methyl sites for hydroxylation is 2. The van der Waals surface area contributed by atoms with Gasteiger partial charge in [-0.3, -0.25) is 4.79 Å². The highest BCUT2D eigenvalue weighted by Crippen LogP contribution is 2.19. The third-order valence-corrected chi connectivity index (χ3v) is 5.02. The molecule has 1 amide bonds. The molecule has 4 nitrogen and oxygen atoms in total. The molecule has 1 aliphatic rings. The fraction of sp³-hybridized carbons (Fsp3) is 0.667. The third-order valence-electron chi connectivity index (χ3n) is 5.02. The molecule has 1 heterocycles. The Labute approximate surface area is 152 Å². The predicted octanol–water partition coefficient (Wildman–Crippen LogP) is 3.04. The molecule has 2 N–H and O–H groups in total. The maximum atomic E-state index is 13.0. The van der Waals surface area contributed by atoms with Gasteiger partial charge in [0, 0.05) is 26.2 Å². The molecule has 1 aromatic carbocycles. The van der Waals surface area contributed by atoms with Gasteiger partial charge in [0.2, 0.25) is 5.91 Å². The molecule has 4 heteroatoms. The minimum atomic E-state index is -0.133. The molecular formula is C21H34N2O2. The van der Waals surface area contributed by atoms with E-state index in [1.54, 1.807) is 0 Å². The lowest BCUT2D eigenvalue weighted by molar-refractivity contribution is -0.135. The fourth-order valence-electron chi connectivity index (χ4n) is 3.71. The van der Waals surface area contributed by atoms with Gasteiger partial charge >= 0.3 is 0 Å². The van der Waals surface area contributed by atoms with Crippen molar-refractivity contribution in [1.29, 1.82) is 0 Å². The van der Waals surface area contributed by atoms with Crippen LogP contribution in [0.25, 0.3) is 0 Å². The molecule has 25 heavy (non-hydrogen) atoms. The molecule has 1 unspecified atom stereocenters. The van der Waals surface area contributed by atoms with Crippen molar-refractivity contribution < 1.29 is 9.90 Å². The lowest BCUT2D eigenvalue weighted by Crippen LogP contribution is -2.49. The number of benzene rings is 1. The van der Waals surface area contributed by atoms with Crippen LogP contribution >= 0.6 is 0 Å². The molecule has 0 saturated carbocycles. The van der Waals surface area contributed by atoms with E-state index in [1.807, 2.05) is 4.90 Å². The van der Waals surface area contributed by atoms with E-state index in [2.05, 4.69) is 51.2 Å². The SMILES string of the molecule is Cc1cc(C)cc(CNC(CC(C)C)C(=O)N2CCC(CO)CC2)c1. The summed E-state index contributed by atoms with van der Waals surface area (Å²) in [6.07, 6.45) is 2.67. The summed E-state index contributed by atoms with van der Waals surface area (Å²) in [5.74, 6) is 1.04. The summed E-state index contributed by atoms with van der Waals surface area (Å²) in [5, 5.41) is 12.8. The van der Waals surface area contributed by atoms with Gasteiger partial charge in [-0.05, 0) is 50.5 Å². The Morgan fingerprint density at radius 3 is 2.32 bits per heavy atom. The van der Waals surface area contributed by atoms with Crippen LogP contribution in [0.3, 0.4) is 0 Å². The Kier molecular flexibility index (Phi) is 7.45. The first-order valence-corrected chi connectivity index (χ1v) is 9.59. The Morgan fingerprint density at radius 2 is 1.80 bits per heavy atom. The molecule has 1 fully saturated rings. The number of carbonyl (C=O) groups is 1. The van der Waals surface area contributed by atoms with E-state index in [0.29, 0.717) is 11.8 Å². The van der Waals surface area contributed by atoms with Gasteiger partial charge in [0.25, 0.3) is 0 Å². The summed E-state index contributed by atoms with van der Waals surface area (Å²) < 4.78 is 0. The van der Waals surface area contributed by atoms with E-state index < -0.39 is 0 Å². The van der Waals surface area contributed by atoms with Crippen LogP contribution in [-0.4, -0.2) is 41.7 Å². The molecule has 0 bridgehead atoms. The van der Waals surface area contributed by atoms with Gasteiger partial charge in [-0.2, -0.15) is 0 Å². The average Bonchev–Trinajstić information content (AvgIpc) is 2.57. The molecule has 1 aromatic rings. The van der Waals surface area contributed by atoms with Crippen molar-refractivity contribution in [3.05, 3.63) is 34.9 Å². The molecule has 140 valence electrons. The van der Waals surface area contributed by atoms with Crippen LogP contribution in [-0.2, 0) is 11.3 Å². The van der Waals surface area contributed by atoms with Crippen molar-refractivity contribution in [3.63, 3.8) is 0 Å². The molecule has 2 rings (SSSR count). The van der Waals surface area contributed by atoms with Gasteiger partial charge in [0.1, 0.15) is 0 Å². The minimum absolute atomic E-state index is 0.133. The van der Waals surface area contributed by atoms with Crippen molar-refractivity contribution in [2.24, 2.45) is 11.8 Å². The summed E-state index contributed by atoms with van der Waals surface area (Å²) in [5.41, 5.74) is 3.75. The number of nitrogens with one attached hydrogen (secondary N) is 1. The second-order valence-electron chi connectivity index (χ2n) is 8.01. The number of aliphatic hydroxyl groups is 1. The summed E-state index contributed by atoms with van der Waals surface area (Å²) >= 11 is 0. The van der Waals surface area contributed by atoms with Gasteiger partial charge in [0.05, 0.1) is 6.04 Å². The summed E-state index contributed by atoms with van der Waals surface area (Å²) in [6, 6.07) is 6.41. The van der Waals surface area contributed by atoms with Crippen LogP contribution < -0.4 is 5.32 Å². The van der Waals surface area contributed by atoms with Crippen molar-refractivity contribution in [3.8, 4) is 0 Å².